The second kappa shape index (κ2) is 6.89. The molecule has 10 heteroatoms. The molecule has 0 aromatic carbocycles. The van der Waals surface area contributed by atoms with Gasteiger partial charge < -0.3 is 20.0 Å². The summed E-state index contributed by atoms with van der Waals surface area (Å²) in [4.78, 5) is 42.5. The van der Waals surface area contributed by atoms with Crippen molar-refractivity contribution < 1.29 is 43.1 Å². The van der Waals surface area contributed by atoms with Crippen molar-refractivity contribution in [3.63, 3.8) is 0 Å². The standard InChI is InChI=1S/C21H28FO8P/c1-18-7-5-13(23)9-12(18)3-4-15-14-6-8-20(26,17(25)11-30-31(27,28)29)19(14,2)10-16(24)21(15,18)22/h5,7,9,14-16,24,26H,3-4,6,8,10-11H2,1-2H3,(H2,27,28,29)/t14-,15-,16-,18-,19-,20-,21-/m0/s1. The molecule has 8 nitrogen and oxygen atoms in total. The van der Waals surface area contributed by atoms with Gasteiger partial charge >= 0.3 is 7.82 Å². The van der Waals surface area contributed by atoms with Crippen molar-refractivity contribution in [2.24, 2.45) is 22.7 Å². The number of fused-ring (bicyclic) bond motifs is 5. The summed E-state index contributed by atoms with van der Waals surface area (Å²) in [6, 6.07) is 0. The monoisotopic (exact) mass is 458 g/mol. The number of aliphatic hydroxyl groups is 2. The Labute approximate surface area is 179 Å². The molecule has 0 aromatic rings. The van der Waals surface area contributed by atoms with Crippen LogP contribution in [0.5, 0.6) is 0 Å². The van der Waals surface area contributed by atoms with Gasteiger partial charge in [0.15, 0.2) is 17.2 Å². The molecule has 4 aliphatic rings. The van der Waals surface area contributed by atoms with Crippen LogP contribution in [0.25, 0.3) is 0 Å². The van der Waals surface area contributed by atoms with Crippen LogP contribution in [0, 0.1) is 22.7 Å². The van der Waals surface area contributed by atoms with Gasteiger partial charge in [-0.25, -0.2) is 8.96 Å². The van der Waals surface area contributed by atoms with Crippen molar-refractivity contribution in [1.82, 2.24) is 0 Å². The lowest BCUT2D eigenvalue weighted by Crippen LogP contribution is -2.69. The maximum atomic E-state index is 16.9. The van der Waals surface area contributed by atoms with Crippen LogP contribution in [0.1, 0.15) is 46.0 Å². The van der Waals surface area contributed by atoms with E-state index >= 15 is 4.39 Å². The second-order valence-electron chi connectivity index (χ2n) is 9.85. The fourth-order valence-electron chi connectivity index (χ4n) is 6.94. The van der Waals surface area contributed by atoms with E-state index < -0.39 is 60.3 Å². The Kier molecular flexibility index (Phi) is 5.10. The lowest BCUT2D eigenvalue weighted by atomic mass is 9.44. The zero-order chi connectivity index (χ0) is 23.0. The average molecular weight is 458 g/mol. The first-order valence-electron chi connectivity index (χ1n) is 10.5. The summed E-state index contributed by atoms with van der Waals surface area (Å²) in [6.07, 6.45) is 3.73. The maximum absolute atomic E-state index is 16.9. The number of Topliss-reactive ketones (excluding diaryl/α,β-unsaturated/α-hetero) is 1. The minimum absolute atomic E-state index is 0.00937. The molecule has 4 N–H and O–H groups in total. The third-order valence-electron chi connectivity index (χ3n) is 8.62. The molecule has 0 amide bonds. The minimum atomic E-state index is -4.91. The maximum Gasteiger partial charge on any atom is 0.470 e. The Morgan fingerprint density at radius 2 is 1.97 bits per heavy atom. The van der Waals surface area contributed by atoms with Gasteiger partial charge in [0.1, 0.15) is 12.2 Å². The van der Waals surface area contributed by atoms with Crippen LogP contribution in [-0.4, -0.2) is 55.5 Å². The highest BCUT2D eigenvalue weighted by molar-refractivity contribution is 7.46. The van der Waals surface area contributed by atoms with Crippen molar-refractivity contribution in [1.29, 1.82) is 0 Å². The van der Waals surface area contributed by atoms with E-state index in [1.165, 1.54) is 18.2 Å². The summed E-state index contributed by atoms with van der Waals surface area (Å²) >= 11 is 0. The van der Waals surface area contributed by atoms with Gasteiger partial charge in [0.2, 0.25) is 0 Å². The van der Waals surface area contributed by atoms with Gasteiger partial charge in [0, 0.05) is 16.7 Å². The molecule has 4 rings (SSSR count). The number of alkyl halides is 1. The van der Waals surface area contributed by atoms with Gasteiger partial charge in [-0.15, -0.1) is 0 Å². The lowest BCUT2D eigenvalue weighted by molar-refractivity contribution is -0.217. The molecule has 4 aliphatic carbocycles. The van der Waals surface area contributed by atoms with Gasteiger partial charge in [-0.05, 0) is 57.1 Å². The lowest BCUT2D eigenvalue weighted by Gasteiger charge is -2.62. The molecule has 0 unspecified atom stereocenters. The molecule has 0 saturated heterocycles. The molecule has 31 heavy (non-hydrogen) atoms. The topological polar surface area (TPSA) is 141 Å². The highest BCUT2D eigenvalue weighted by Crippen LogP contribution is 2.69. The third kappa shape index (κ3) is 3.01. The van der Waals surface area contributed by atoms with E-state index in [0.29, 0.717) is 24.8 Å². The highest BCUT2D eigenvalue weighted by Gasteiger charge is 2.74. The van der Waals surface area contributed by atoms with Crippen molar-refractivity contribution in [2.75, 3.05) is 6.61 Å². The fraction of sp³-hybridized carbons (Fsp3) is 0.714. The summed E-state index contributed by atoms with van der Waals surface area (Å²) in [6.45, 7) is 2.34. The molecule has 0 bridgehead atoms. The van der Waals surface area contributed by atoms with Gasteiger partial charge in [-0.2, -0.15) is 0 Å². The third-order valence-corrected chi connectivity index (χ3v) is 9.08. The van der Waals surface area contributed by atoms with Crippen LogP contribution < -0.4 is 0 Å². The Morgan fingerprint density at radius 3 is 2.61 bits per heavy atom. The number of halogens is 1. The van der Waals surface area contributed by atoms with E-state index in [1.807, 2.05) is 0 Å². The van der Waals surface area contributed by atoms with Crippen LogP contribution in [0.4, 0.5) is 4.39 Å². The molecule has 0 aromatic heterocycles. The van der Waals surface area contributed by atoms with Gasteiger partial charge in [-0.3, -0.25) is 14.1 Å². The van der Waals surface area contributed by atoms with Crippen LogP contribution >= 0.6 is 7.82 Å². The number of rotatable bonds is 4. The summed E-state index contributed by atoms with van der Waals surface area (Å²) in [5.41, 5.74) is -5.78. The zero-order valence-electron chi connectivity index (χ0n) is 17.5. The van der Waals surface area contributed by atoms with Crippen molar-refractivity contribution >= 4 is 19.4 Å². The quantitative estimate of drug-likeness (QED) is 0.467. The number of hydrogen-bond acceptors (Lipinski definition) is 6. The Bertz CT molecular complexity index is 942. The first-order valence-corrected chi connectivity index (χ1v) is 12.0. The van der Waals surface area contributed by atoms with Gasteiger partial charge in [0.25, 0.3) is 0 Å². The predicted molar refractivity (Wildman–Crippen MR) is 106 cm³/mol. The number of ketones is 2. The van der Waals surface area contributed by atoms with E-state index in [9.17, 15) is 24.4 Å². The number of hydrogen-bond donors (Lipinski definition) is 4. The molecule has 0 radical (unpaired) electrons. The van der Waals surface area contributed by atoms with E-state index in [2.05, 4.69) is 4.52 Å². The Morgan fingerprint density at radius 1 is 1.29 bits per heavy atom. The van der Waals surface area contributed by atoms with E-state index in [1.54, 1.807) is 13.8 Å². The molecule has 0 spiro atoms. The fourth-order valence-corrected chi connectivity index (χ4v) is 7.22. The first kappa shape index (κ1) is 23.0. The molecule has 3 fully saturated rings. The van der Waals surface area contributed by atoms with Gasteiger partial charge in [0.05, 0.1) is 6.10 Å². The number of phosphoric ester groups is 1. The first-order chi connectivity index (χ1) is 14.2. The largest absolute Gasteiger partial charge is 0.470 e. The molecule has 7 atom stereocenters. The molecule has 172 valence electrons. The highest BCUT2D eigenvalue weighted by atomic mass is 31.2. The average Bonchev–Trinajstić information content (AvgIpc) is 2.93. The van der Waals surface area contributed by atoms with Gasteiger partial charge in [-0.1, -0.05) is 18.6 Å². The molecule has 3 saturated carbocycles. The number of aliphatic hydroxyl groups excluding tert-OH is 1. The zero-order valence-corrected chi connectivity index (χ0v) is 18.3. The number of carbonyl (C=O) groups is 2. The van der Waals surface area contributed by atoms with Crippen LogP contribution in [-0.2, 0) is 18.7 Å². The molecule has 0 heterocycles. The normalized spacial score (nSPS) is 46.7. The summed E-state index contributed by atoms with van der Waals surface area (Å²) in [7, 11) is -4.91. The van der Waals surface area contributed by atoms with Crippen molar-refractivity contribution in [3.8, 4) is 0 Å². The smallest absolute Gasteiger partial charge is 0.390 e. The Balaban J connectivity index is 1.70. The minimum Gasteiger partial charge on any atom is -0.390 e. The number of allylic oxidation sites excluding steroid dienone is 4. The van der Waals surface area contributed by atoms with Crippen LogP contribution in [0.15, 0.2) is 23.8 Å². The van der Waals surface area contributed by atoms with Crippen LogP contribution in [0.2, 0.25) is 0 Å². The molecular weight excluding hydrogens is 430 g/mol. The SMILES string of the molecule is C[C@]12C=CC(=O)C=C1CC[C@H]1[C@@H]3CC[C@](O)(C(=O)COP(=O)(O)O)[C@@]3(C)C[C@H](O)[C@@]12F. The molecule has 0 aliphatic heterocycles. The summed E-state index contributed by atoms with van der Waals surface area (Å²) in [5.74, 6) is -2.19. The summed E-state index contributed by atoms with van der Waals surface area (Å²) in [5, 5.41) is 22.5. The van der Waals surface area contributed by atoms with E-state index in [-0.39, 0.29) is 18.6 Å². The molecular formula is C21H28FO8P. The van der Waals surface area contributed by atoms with E-state index in [0.717, 1.165) is 0 Å². The van der Waals surface area contributed by atoms with Crippen LogP contribution in [0.3, 0.4) is 0 Å². The van der Waals surface area contributed by atoms with Crippen molar-refractivity contribution in [2.45, 2.75) is 63.3 Å². The number of phosphoric acid groups is 1. The summed E-state index contributed by atoms with van der Waals surface area (Å²) < 4.78 is 32.2. The second-order valence-corrected chi connectivity index (χ2v) is 11.1. The van der Waals surface area contributed by atoms with Crippen molar-refractivity contribution in [3.05, 3.63) is 23.8 Å². The predicted octanol–water partition coefficient (Wildman–Crippen LogP) is 1.77. The Hall–Kier alpha value is -1.22. The number of carbonyl (C=O) groups excluding carboxylic acids is 2. The van der Waals surface area contributed by atoms with E-state index in [4.69, 9.17) is 9.79 Å².